The maximum absolute atomic E-state index is 11.9. The molecule has 1 aliphatic rings. The van der Waals surface area contributed by atoms with E-state index >= 15 is 0 Å². The average Bonchev–Trinajstić information content (AvgIpc) is 2.56. The number of nitrogens with one attached hydrogen (secondary N) is 1. The van der Waals surface area contributed by atoms with Gasteiger partial charge in [-0.25, -0.2) is 0 Å². The Morgan fingerprint density at radius 3 is 2.59 bits per heavy atom. The van der Waals surface area contributed by atoms with Gasteiger partial charge in [0.1, 0.15) is 0 Å². The van der Waals surface area contributed by atoms with Gasteiger partial charge in [-0.15, -0.1) is 0 Å². The second-order valence-electron chi connectivity index (χ2n) is 6.03. The summed E-state index contributed by atoms with van der Waals surface area (Å²) in [6.07, 6.45) is 3.77. The lowest BCUT2D eigenvalue weighted by molar-refractivity contribution is -0.122. The minimum atomic E-state index is -0.204. The van der Waals surface area contributed by atoms with Gasteiger partial charge in [-0.3, -0.25) is 4.79 Å². The summed E-state index contributed by atoms with van der Waals surface area (Å²) < 4.78 is 5.32. The standard InChI is InChI=1S/C17H24ClNO3/c18-15-6-4-14(5-7-15)2-1-3-16(21)19-12-17(13-20)8-10-22-11-9-17/h4-7,20H,1-3,8-13H2,(H,19,21). The van der Waals surface area contributed by atoms with Crippen LogP contribution in [0.25, 0.3) is 0 Å². The van der Waals surface area contributed by atoms with E-state index in [1.54, 1.807) is 0 Å². The minimum absolute atomic E-state index is 0.0493. The number of aliphatic hydroxyl groups excluding tert-OH is 1. The Morgan fingerprint density at radius 1 is 1.27 bits per heavy atom. The zero-order valence-corrected chi connectivity index (χ0v) is 13.6. The van der Waals surface area contributed by atoms with E-state index in [0.29, 0.717) is 26.2 Å². The molecular formula is C17H24ClNO3. The number of carbonyl (C=O) groups excluding carboxylic acids is 1. The number of hydrogen-bond acceptors (Lipinski definition) is 3. The van der Waals surface area contributed by atoms with Gasteiger partial charge in [0.25, 0.3) is 0 Å². The quantitative estimate of drug-likeness (QED) is 0.810. The average molecular weight is 326 g/mol. The molecular weight excluding hydrogens is 302 g/mol. The van der Waals surface area contributed by atoms with Gasteiger partial charge >= 0.3 is 0 Å². The monoisotopic (exact) mass is 325 g/mol. The SMILES string of the molecule is O=C(CCCc1ccc(Cl)cc1)NCC1(CO)CCOCC1. The third-order valence-corrected chi connectivity index (χ3v) is 4.58. The van der Waals surface area contributed by atoms with Gasteiger partial charge in [0.15, 0.2) is 0 Å². The Hall–Kier alpha value is -1.10. The van der Waals surface area contributed by atoms with Crippen molar-refractivity contribution < 1.29 is 14.6 Å². The summed E-state index contributed by atoms with van der Waals surface area (Å²) >= 11 is 5.84. The molecule has 1 saturated heterocycles. The van der Waals surface area contributed by atoms with Crippen LogP contribution in [-0.2, 0) is 16.0 Å². The molecule has 5 heteroatoms. The fraction of sp³-hybridized carbons (Fsp3) is 0.588. The van der Waals surface area contributed by atoms with Crippen molar-refractivity contribution in [1.29, 1.82) is 0 Å². The molecule has 0 spiro atoms. The van der Waals surface area contributed by atoms with Gasteiger partial charge in [-0.1, -0.05) is 23.7 Å². The van der Waals surface area contributed by atoms with Gasteiger partial charge in [-0.05, 0) is 43.4 Å². The highest BCUT2D eigenvalue weighted by molar-refractivity contribution is 6.30. The molecule has 0 bridgehead atoms. The Kier molecular flexibility index (Phi) is 6.68. The minimum Gasteiger partial charge on any atom is -0.396 e. The zero-order chi connectivity index (χ0) is 15.8. The fourth-order valence-corrected chi connectivity index (χ4v) is 2.80. The Bertz CT molecular complexity index is 469. The number of benzene rings is 1. The molecule has 4 nitrogen and oxygen atoms in total. The highest BCUT2D eigenvalue weighted by Crippen LogP contribution is 2.28. The molecule has 1 aliphatic heterocycles. The van der Waals surface area contributed by atoms with Crippen LogP contribution in [0.15, 0.2) is 24.3 Å². The normalized spacial score (nSPS) is 17.2. The van der Waals surface area contributed by atoms with Crippen LogP contribution >= 0.6 is 11.6 Å². The summed E-state index contributed by atoms with van der Waals surface area (Å²) in [7, 11) is 0. The molecule has 2 N–H and O–H groups in total. The first-order valence-corrected chi connectivity index (χ1v) is 8.21. The van der Waals surface area contributed by atoms with Crippen LogP contribution in [0.4, 0.5) is 0 Å². The number of carbonyl (C=O) groups is 1. The Balaban J connectivity index is 1.68. The van der Waals surface area contributed by atoms with Crippen molar-refractivity contribution in [2.75, 3.05) is 26.4 Å². The van der Waals surface area contributed by atoms with E-state index < -0.39 is 0 Å². The predicted molar refractivity (Wildman–Crippen MR) is 87.0 cm³/mol. The molecule has 2 rings (SSSR count). The second kappa shape index (κ2) is 8.51. The number of ether oxygens (including phenoxy) is 1. The van der Waals surface area contributed by atoms with Crippen molar-refractivity contribution in [3.63, 3.8) is 0 Å². The van der Waals surface area contributed by atoms with Crippen LogP contribution in [0.2, 0.25) is 5.02 Å². The molecule has 0 radical (unpaired) electrons. The Labute approximate surface area is 136 Å². The summed E-state index contributed by atoms with van der Waals surface area (Å²) in [5.74, 6) is 0.0493. The summed E-state index contributed by atoms with van der Waals surface area (Å²) in [4.78, 5) is 11.9. The van der Waals surface area contributed by atoms with Crippen LogP contribution in [0.5, 0.6) is 0 Å². The molecule has 1 fully saturated rings. The van der Waals surface area contributed by atoms with Crippen molar-refractivity contribution >= 4 is 17.5 Å². The molecule has 1 amide bonds. The first-order valence-electron chi connectivity index (χ1n) is 7.83. The fourth-order valence-electron chi connectivity index (χ4n) is 2.67. The van der Waals surface area contributed by atoms with Crippen LogP contribution < -0.4 is 5.32 Å². The molecule has 0 atom stereocenters. The van der Waals surface area contributed by atoms with E-state index in [2.05, 4.69) is 5.32 Å². The topological polar surface area (TPSA) is 58.6 Å². The Morgan fingerprint density at radius 2 is 1.95 bits per heavy atom. The molecule has 0 unspecified atom stereocenters. The predicted octanol–water partition coefficient (Wildman–Crippen LogP) is 2.57. The van der Waals surface area contributed by atoms with Crippen molar-refractivity contribution in [3.8, 4) is 0 Å². The van der Waals surface area contributed by atoms with E-state index in [4.69, 9.17) is 16.3 Å². The lowest BCUT2D eigenvalue weighted by Crippen LogP contribution is -2.43. The van der Waals surface area contributed by atoms with E-state index in [-0.39, 0.29) is 17.9 Å². The van der Waals surface area contributed by atoms with E-state index in [1.807, 2.05) is 24.3 Å². The first-order chi connectivity index (χ1) is 10.6. The van der Waals surface area contributed by atoms with Crippen molar-refractivity contribution in [3.05, 3.63) is 34.9 Å². The third-order valence-electron chi connectivity index (χ3n) is 4.33. The molecule has 1 aromatic carbocycles. The van der Waals surface area contributed by atoms with Gasteiger partial charge in [0.05, 0.1) is 6.61 Å². The number of amides is 1. The van der Waals surface area contributed by atoms with Crippen LogP contribution in [-0.4, -0.2) is 37.4 Å². The highest BCUT2D eigenvalue weighted by Gasteiger charge is 2.32. The summed E-state index contributed by atoms with van der Waals surface area (Å²) in [6.45, 7) is 1.95. The number of aliphatic hydroxyl groups is 1. The number of hydrogen-bond donors (Lipinski definition) is 2. The van der Waals surface area contributed by atoms with Crippen molar-refractivity contribution in [2.24, 2.45) is 5.41 Å². The lowest BCUT2D eigenvalue weighted by atomic mass is 9.81. The largest absolute Gasteiger partial charge is 0.396 e. The van der Waals surface area contributed by atoms with E-state index in [0.717, 1.165) is 30.7 Å². The summed E-state index contributed by atoms with van der Waals surface area (Å²) in [5.41, 5.74) is 0.984. The van der Waals surface area contributed by atoms with Crippen LogP contribution in [0.3, 0.4) is 0 Å². The lowest BCUT2D eigenvalue weighted by Gasteiger charge is -2.35. The third kappa shape index (κ3) is 5.27. The van der Waals surface area contributed by atoms with E-state index in [1.165, 1.54) is 5.56 Å². The maximum atomic E-state index is 11.9. The number of aryl methyl sites for hydroxylation is 1. The van der Waals surface area contributed by atoms with Gasteiger partial charge in [0, 0.05) is 36.6 Å². The molecule has 0 aliphatic carbocycles. The summed E-state index contributed by atoms with van der Waals surface area (Å²) in [6, 6.07) is 7.71. The summed E-state index contributed by atoms with van der Waals surface area (Å²) in [5, 5.41) is 13.3. The van der Waals surface area contributed by atoms with Crippen molar-refractivity contribution in [1.82, 2.24) is 5.32 Å². The van der Waals surface area contributed by atoms with Gasteiger partial charge in [-0.2, -0.15) is 0 Å². The molecule has 122 valence electrons. The second-order valence-corrected chi connectivity index (χ2v) is 6.46. The molecule has 1 aromatic rings. The zero-order valence-electron chi connectivity index (χ0n) is 12.8. The van der Waals surface area contributed by atoms with Crippen LogP contribution in [0.1, 0.15) is 31.2 Å². The first kappa shape index (κ1) is 17.3. The smallest absolute Gasteiger partial charge is 0.220 e. The van der Waals surface area contributed by atoms with Crippen molar-refractivity contribution in [2.45, 2.75) is 32.1 Å². The maximum Gasteiger partial charge on any atom is 0.220 e. The molecule has 1 heterocycles. The number of halogens is 1. The van der Waals surface area contributed by atoms with E-state index in [9.17, 15) is 9.90 Å². The molecule has 0 aromatic heterocycles. The molecule has 22 heavy (non-hydrogen) atoms. The number of rotatable bonds is 7. The van der Waals surface area contributed by atoms with Crippen LogP contribution in [0, 0.1) is 5.41 Å². The molecule has 0 saturated carbocycles. The van der Waals surface area contributed by atoms with Gasteiger partial charge < -0.3 is 15.2 Å². The van der Waals surface area contributed by atoms with Gasteiger partial charge in [0.2, 0.25) is 5.91 Å². The highest BCUT2D eigenvalue weighted by atomic mass is 35.5.